The van der Waals surface area contributed by atoms with Crippen molar-refractivity contribution in [2.24, 2.45) is 7.05 Å². The molecule has 2 aromatic rings. The van der Waals surface area contributed by atoms with Crippen LogP contribution in [0.25, 0.3) is 0 Å². The molecule has 0 radical (unpaired) electrons. The second-order valence-electron chi connectivity index (χ2n) is 9.16. The molecule has 1 aromatic carbocycles. The number of carbonyl (C=O) groups excluding carboxylic acids is 4. The normalized spacial score (nSPS) is 18.4. The topological polar surface area (TPSA) is 216 Å². The van der Waals surface area contributed by atoms with Crippen LogP contribution in [0.1, 0.15) is 18.5 Å². The molecule has 3 atom stereocenters. The van der Waals surface area contributed by atoms with E-state index in [1.807, 2.05) is 0 Å². The fourth-order valence-electron chi connectivity index (χ4n) is 4.23. The van der Waals surface area contributed by atoms with Crippen LogP contribution in [0, 0.1) is 0 Å². The van der Waals surface area contributed by atoms with Crippen molar-refractivity contribution in [3.63, 3.8) is 0 Å². The van der Waals surface area contributed by atoms with E-state index >= 15 is 0 Å². The third kappa shape index (κ3) is 6.18. The summed E-state index contributed by atoms with van der Waals surface area (Å²) >= 11 is 2.26. The van der Waals surface area contributed by atoms with Crippen LogP contribution in [0.5, 0.6) is 0 Å². The summed E-state index contributed by atoms with van der Waals surface area (Å²) in [4.78, 5) is 87.1. The molecule has 1 fully saturated rings. The van der Waals surface area contributed by atoms with E-state index in [4.69, 9.17) is 0 Å². The molecular weight excluding hydrogens is 592 g/mol. The van der Waals surface area contributed by atoms with Gasteiger partial charge < -0.3 is 15.7 Å². The first-order chi connectivity index (χ1) is 19.9. The molecule has 42 heavy (non-hydrogen) atoms. The van der Waals surface area contributed by atoms with Gasteiger partial charge in [0.05, 0.1) is 0 Å². The summed E-state index contributed by atoms with van der Waals surface area (Å²) in [5.74, 6) is -2.93. The van der Waals surface area contributed by atoms with Crippen LogP contribution in [0.3, 0.4) is 0 Å². The SMILES string of the molecule is CC(=O)NN(C)C(=O)NC(C(=O)N[C@H]1C(=O)N2C(C(=O)O)=C(CSc3n[nH]c(=O)c(=O)n3C)CS[C@@H]12)c1ccccc1. The molecule has 18 heteroatoms. The van der Waals surface area contributed by atoms with Crippen molar-refractivity contribution in [3.8, 4) is 0 Å². The van der Waals surface area contributed by atoms with Gasteiger partial charge in [0.25, 0.3) is 5.91 Å². The number of fused-ring (bicyclic) bond motifs is 1. The third-order valence-corrected chi connectivity index (χ3v) is 8.71. The Bertz CT molecular complexity index is 1590. The lowest BCUT2D eigenvalue weighted by Crippen LogP contribution is -2.71. The molecule has 5 N–H and O–H groups in total. The quantitative estimate of drug-likeness (QED) is 0.102. The van der Waals surface area contributed by atoms with Crippen molar-refractivity contribution < 1.29 is 29.1 Å². The number of hydrazine groups is 1. The predicted octanol–water partition coefficient (Wildman–Crippen LogP) is -1.27. The van der Waals surface area contributed by atoms with E-state index in [1.54, 1.807) is 30.3 Å². The molecule has 2 aliphatic rings. The monoisotopic (exact) mass is 618 g/mol. The summed E-state index contributed by atoms with van der Waals surface area (Å²) in [6, 6.07) is 5.18. The van der Waals surface area contributed by atoms with Crippen molar-refractivity contribution in [3.05, 3.63) is 67.9 Å². The third-order valence-electron chi connectivity index (χ3n) is 6.25. The molecule has 16 nitrogen and oxygen atoms in total. The number of nitrogens with zero attached hydrogens (tertiary/aromatic N) is 4. The van der Waals surface area contributed by atoms with Gasteiger partial charge >= 0.3 is 23.1 Å². The summed E-state index contributed by atoms with van der Waals surface area (Å²) < 4.78 is 1.04. The molecule has 0 saturated carbocycles. The molecule has 1 saturated heterocycles. The lowest BCUT2D eigenvalue weighted by atomic mass is 10.0. The van der Waals surface area contributed by atoms with E-state index in [0.29, 0.717) is 11.1 Å². The maximum Gasteiger partial charge on any atom is 0.352 e. The second kappa shape index (κ2) is 12.5. The first kappa shape index (κ1) is 30.4. The summed E-state index contributed by atoms with van der Waals surface area (Å²) in [5, 5.41) is 21.3. The number of benzene rings is 1. The largest absolute Gasteiger partial charge is 0.477 e. The Kier molecular flexibility index (Phi) is 9.05. The Morgan fingerprint density at radius 3 is 2.55 bits per heavy atom. The average Bonchev–Trinajstić information content (AvgIpc) is 2.96. The number of β-lactam (4-membered cyclic amide) rings is 1. The second-order valence-corrected chi connectivity index (χ2v) is 11.2. The van der Waals surface area contributed by atoms with E-state index in [-0.39, 0.29) is 22.4 Å². The number of aromatic amines is 1. The summed E-state index contributed by atoms with van der Waals surface area (Å²) in [6.07, 6.45) is 0. The molecule has 2 aliphatic heterocycles. The highest BCUT2D eigenvalue weighted by atomic mass is 32.2. The zero-order chi connectivity index (χ0) is 30.7. The number of carboxylic acid groups (broad SMARTS) is 1. The van der Waals surface area contributed by atoms with Gasteiger partial charge in [-0.2, -0.15) is 0 Å². The van der Waals surface area contributed by atoms with E-state index in [1.165, 1.54) is 32.8 Å². The fourth-order valence-corrected chi connectivity index (χ4v) is 6.63. The zero-order valence-corrected chi connectivity index (χ0v) is 24.1. The minimum Gasteiger partial charge on any atom is -0.477 e. The van der Waals surface area contributed by atoms with Gasteiger partial charge in [-0.3, -0.25) is 38.9 Å². The number of hydrogen-bond donors (Lipinski definition) is 5. The summed E-state index contributed by atoms with van der Waals surface area (Å²) in [5.41, 5.74) is 1.14. The van der Waals surface area contributed by atoms with Gasteiger partial charge in [0, 0.05) is 32.5 Å². The number of thioether (sulfide) groups is 2. The first-order valence-corrected chi connectivity index (χ1v) is 14.3. The standard InChI is InChI=1S/C24H26N8O8S2/c1-11(33)29-31(3)23(40)26-14(12-7-5-4-6-8-12)17(34)25-15-19(36)32-16(22(38)39)13(9-41-21(15)32)10-42-24-28-27-18(35)20(37)30(24)2/h4-8,14-15,21H,9-10H2,1-3H3,(H,25,34)(H,26,40)(H,27,35)(H,29,33)(H,38,39)/t14?,15-,21-/m0/s1. The molecule has 1 aromatic heterocycles. The highest BCUT2D eigenvalue weighted by Gasteiger charge is 2.54. The molecule has 4 rings (SSSR count). The highest BCUT2D eigenvalue weighted by molar-refractivity contribution is 8.01. The number of hydrogen-bond acceptors (Lipinski definition) is 10. The van der Waals surface area contributed by atoms with Gasteiger partial charge in [-0.1, -0.05) is 42.1 Å². The maximum atomic E-state index is 13.4. The molecule has 0 bridgehead atoms. The Morgan fingerprint density at radius 1 is 1.21 bits per heavy atom. The number of nitrogens with one attached hydrogen (secondary N) is 4. The average molecular weight is 619 g/mol. The van der Waals surface area contributed by atoms with Crippen LogP contribution in [0.2, 0.25) is 0 Å². The maximum absolute atomic E-state index is 13.4. The number of H-pyrrole nitrogens is 1. The summed E-state index contributed by atoms with van der Waals surface area (Å²) in [7, 11) is 2.66. The van der Waals surface area contributed by atoms with Crippen molar-refractivity contribution >= 4 is 53.2 Å². The van der Waals surface area contributed by atoms with Crippen molar-refractivity contribution in [2.75, 3.05) is 18.6 Å². The van der Waals surface area contributed by atoms with Gasteiger partial charge in [-0.05, 0) is 11.1 Å². The Hall–Kier alpha value is -4.58. The van der Waals surface area contributed by atoms with Crippen LogP contribution >= 0.6 is 23.5 Å². The number of rotatable bonds is 8. The lowest BCUT2D eigenvalue weighted by molar-refractivity contribution is -0.151. The molecular formula is C24H26N8O8S2. The minimum absolute atomic E-state index is 0.0679. The van der Waals surface area contributed by atoms with Gasteiger partial charge in [-0.25, -0.2) is 19.7 Å². The van der Waals surface area contributed by atoms with Crippen LogP contribution < -0.4 is 27.2 Å². The first-order valence-electron chi connectivity index (χ1n) is 12.3. The zero-order valence-electron chi connectivity index (χ0n) is 22.4. The number of urea groups is 1. The number of carbonyl (C=O) groups is 5. The number of carboxylic acids is 1. The van der Waals surface area contributed by atoms with Gasteiger partial charge in [0.2, 0.25) is 11.8 Å². The van der Waals surface area contributed by atoms with Crippen molar-refractivity contribution in [1.82, 2.24) is 40.7 Å². The van der Waals surface area contributed by atoms with Crippen molar-refractivity contribution in [1.29, 1.82) is 0 Å². The Morgan fingerprint density at radius 2 is 1.90 bits per heavy atom. The van der Waals surface area contributed by atoms with E-state index in [9.17, 15) is 38.7 Å². The highest BCUT2D eigenvalue weighted by Crippen LogP contribution is 2.41. The van der Waals surface area contributed by atoms with Gasteiger partial charge in [0.15, 0.2) is 5.16 Å². The van der Waals surface area contributed by atoms with Crippen molar-refractivity contribution in [2.45, 2.75) is 29.5 Å². The molecule has 222 valence electrons. The van der Waals surface area contributed by atoms with E-state index < -0.39 is 58.3 Å². The van der Waals surface area contributed by atoms with Crippen LogP contribution in [0.4, 0.5) is 4.79 Å². The van der Waals surface area contributed by atoms with Crippen LogP contribution in [-0.4, -0.2) is 89.5 Å². The molecule has 0 spiro atoms. The van der Waals surface area contributed by atoms with Crippen LogP contribution in [0.15, 0.2) is 56.3 Å². The number of aliphatic carboxylic acids is 1. The Balaban J connectivity index is 1.50. The summed E-state index contributed by atoms with van der Waals surface area (Å²) in [6.45, 7) is 1.22. The van der Waals surface area contributed by atoms with Gasteiger partial charge in [-0.15, -0.1) is 16.9 Å². The Labute approximate surface area is 245 Å². The number of amides is 5. The molecule has 5 amide bonds. The number of aromatic nitrogens is 3. The lowest BCUT2D eigenvalue weighted by Gasteiger charge is -2.49. The molecule has 1 unspecified atom stereocenters. The van der Waals surface area contributed by atoms with Gasteiger partial charge in [0.1, 0.15) is 23.2 Å². The predicted molar refractivity (Wildman–Crippen MR) is 150 cm³/mol. The molecule has 3 heterocycles. The minimum atomic E-state index is -1.34. The van der Waals surface area contributed by atoms with E-state index in [0.717, 1.165) is 26.2 Å². The van der Waals surface area contributed by atoms with E-state index in [2.05, 4.69) is 26.3 Å². The fraction of sp³-hybridized carbons (Fsp3) is 0.333. The van der Waals surface area contributed by atoms with Crippen LogP contribution in [-0.2, 0) is 26.2 Å². The smallest absolute Gasteiger partial charge is 0.352 e. The molecule has 0 aliphatic carbocycles.